The molecule has 0 fully saturated rings. The van der Waals surface area contributed by atoms with Crippen LogP contribution in [0, 0.1) is 0 Å². The highest BCUT2D eigenvalue weighted by Gasteiger charge is 2.17. The lowest BCUT2D eigenvalue weighted by Gasteiger charge is -2.30. The molecule has 0 bridgehead atoms. The Hall–Kier alpha value is -0.840. The second kappa shape index (κ2) is 9.98. The van der Waals surface area contributed by atoms with Crippen LogP contribution < -0.4 is 5.32 Å². The maximum absolute atomic E-state index is 6.32. The summed E-state index contributed by atoms with van der Waals surface area (Å²) in [5, 5.41) is 3.96. The van der Waals surface area contributed by atoms with E-state index in [1.54, 1.807) is 7.11 Å². The van der Waals surface area contributed by atoms with E-state index in [-0.39, 0.29) is 0 Å². The Balaban J connectivity index is 2.87. The van der Waals surface area contributed by atoms with Gasteiger partial charge >= 0.3 is 0 Å². The van der Waals surface area contributed by atoms with Crippen molar-refractivity contribution in [1.82, 2.24) is 9.88 Å². The molecule has 0 aromatic carbocycles. The first-order valence-corrected chi connectivity index (χ1v) is 8.16. The number of rotatable bonds is 10. The predicted molar refractivity (Wildman–Crippen MR) is 90.1 cm³/mol. The highest BCUT2D eigenvalue weighted by Crippen LogP contribution is 2.20. The fourth-order valence-electron chi connectivity index (χ4n) is 2.47. The Morgan fingerprint density at radius 3 is 2.57 bits per heavy atom. The van der Waals surface area contributed by atoms with Crippen LogP contribution >= 0.6 is 11.6 Å². The summed E-state index contributed by atoms with van der Waals surface area (Å²) in [4.78, 5) is 7.05. The normalized spacial score (nSPS) is 11.4. The third-order valence-corrected chi connectivity index (χ3v) is 4.02. The summed E-state index contributed by atoms with van der Waals surface area (Å²) in [6.45, 7) is 9.73. The van der Waals surface area contributed by atoms with Gasteiger partial charge in [-0.15, -0.1) is 0 Å². The minimum absolute atomic E-state index is 0.529. The smallest absolute Gasteiger partial charge is 0.126 e. The average molecular weight is 314 g/mol. The molecule has 0 saturated heterocycles. The number of aromatic nitrogens is 1. The monoisotopic (exact) mass is 313 g/mol. The van der Waals surface area contributed by atoms with E-state index in [2.05, 4.69) is 36.0 Å². The molecule has 0 aliphatic rings. The van der Waals surface area contributed by atoms with Gasteiger partial charge in [0.25, 0.3) is 0 Å². The van der Waals surface area contributed by atoms with Gasteiger partial charge in [0, 0.05) is 32.8 Å². The number of anilines is 1. The number of nitrogens with one attached hydrogen (secondary N) is 1. The zero-order valence-corrected chi connectivity index (χ0v) is 14.4. The predicted octanol–water partition coefficient (Wildman–Crippen LogP) is 3.80. The highest BCUT2D eigenvalue weighted by molar-refractivity contribution is 6.31. The first-order chi connectivity index (χ1) is 10.2. The standard InChI is InChI=1S/C16H28ClN3O/c1-5-13(6-2)20(10-11-21-4)12-15-14(17)8-9-16(19-15)18-7-3/h8-9,13H,5-7,10-12H2,1-4H3,(H,18,19). The van der Waals surface area contributed by atoms with Crippen molar-refractivity contribution in [3.05, 3.63) is 22.8 Å². The largest absolute Gasteiger partial charge is 0.383 e. The fraction of sp³-hybridized carbons (Fsp3) is 0.688. The summed E-state index contributed by atoms with van der Waals surface area (Å²) in [7, 11) is 1.74. The van der Waals surface area contributed by atoms with E-state index >= 15 is 0 Å². The molecule has 0 amide bonds. The van der Waals surface area contributed by atoms with Gasteiger partial charge in [0.15, 0.2) is 0 Å². The van der Waals surface area contributed by atoms with Crippen LogP contribution in [-0.2, 0) is 11.3 Å². The molecule has 1 heterocycles. The molecule has 1 rings (SSSR count). The topological polar surface area (TPSA) is 37.4 Å². The summed E-state index contributed by atoms with van der Waals surface area (Å²) in [6, 6.07) is 4.37. The average Bonchev–Trinajstić information content (AvgIpc) is 2.49. The van der Waals surface area contributed by atoms with Crippen LogP contribution in [0.3, 0.4) is 0 Å². The van der Waals surface area contributed by atoms with Crippen molar-refractivity contribution in [3.8, 4) is 0 Å². The van der Waals surface area contributed by atoms with Crippen molar-refractivity contribution in [2.45, 2.75) is 46.2 Å². The molecular formula is C16H28ClN3O. The minimum Gasteiger partial charge on any atom is -0.383 e. The van der Waals surface area contributed by atoms with E-state index in [4.69, 9.17) is 16.3 Å². The lowest BCUT2D eigenvalue weighted by atomic mass is 10.1. The van der Waals surface area contributed by atoms with Crippen molar-refractivity contribution >= 4 is 17.4 Å². The lowest BCUT2D eigenvalue weighted by molar-refractivity contribution is 0.109. The summed E-state index contributed by atoms with van der Waals surface area (Å²) < 4.78 is 5.23. The SMILES string of the molecule is CCNc1ccc(Cl)c(CN(CCOC)C(CC)CC)n1. The highest BCUT2D eigenvalue weighted by atomic mass is 35.5. The van der Waals surface area contributed by atoms with E-state index in [0.29, 0.717) is 6.04 Å². The van der Waals surface area contributed by atoms with E-state index < -0.39 is 0 Å². The van der Waals surface area contributed by atoms with Gasteiger partial charge in [-0.1, -0.05) is 25.4 Å². The second-order valence-electron chi connectivity index (χ2n) is 5.09. The van der Waals surface area contributed by atoms with Gasteiger partial charge in [0.05, 0.1) is 17.3 Å². The Bertz CT molecular complexity index is 411. The Morgan fingerprint density at radius 1 is 1.29 bits per heavy atom. The summed E-state index contributed by atoms with van der Waals surface area (Å²) in [5.41, 5.74) is 0.929. The van der Waals surface area contributed by atoms with Gasteiger partial charge < -0.3 is 10.1 Å². The van der Waals surface area contributed by atoms with Crippen molar-refractivity contribution in [3.63, 3.8) is 0 Å². The first kappa shape index (κ1) is 18.2. The van der Waals surface area contributed by atoms with Crippen LogP contribution in [0.5, 0.6) is 0 Å². The number of pyridine rings is 1. The van der Waals surface area contributed by atoms with Crippen molar-refractivity contribution in [1.29, 1.82) is 0 Å². The number of methoxy groups -OCH3 is 1. The van der Waals surface area contributed by atoms with E-state index in [1.165, 1.54) is 0 Å². The maximum Gasteiger partial charge on any atom is 0.126 e. The van der Waals surface area contributed by atoms with Gasteiger partial charge in [-0.05, 0) is 31.9 Å². The summed E-state index contributed by atoms with van der Waals surface area (Å²) in [5.74, 6) is 0.883. The number of ether oxygens (including phenoxy) is 1. The van der Waals surface area contributed by atoms with Gasteiger partial charge in [0.1, 0.15) is 5.82 Å². The Labute approximate surface area is 133 Å². The van der Waals surface area contributed by atoms with Gasteiger partial charge in [-0.2, -0.15) is 0 Å². The van der Waals surface area contributed by atoms with Crippen LogP contribution in [-0.4, -0.2) is 42.7 Å². The quantitative estimate of drug-likeness (QED) is 0.713. The van der Waals surface area contributed by atoms with Crippen molar-refractivity contribution < 1.29 is 4.74 Å². The third-order valence-electron chi connectivity index (χ3n) is 3.67. The van der Waals surface area contributed by atoms with Crippen molar-refractivity contribution in [2.24, 2.45) is 0 Å². The zero-order chi connectivity index (χ0) is 15.7. The molecule has 0 aliphatic carbocycles. The molecule has 0 saturated carbocycles. The molecule has 5 heteroatoms. The van der Waals surface area contributed by atoms with Gasteiger partial charge in [-0.3, -0.25) is 4.90 Å². The zero-order valence-electron chi connectivity index (χ0n) is 13.7. The van der Waals surface area contributed by atoms with Crippen LogP contribution in [0.15, 0.2) is 12.1 Å². The Morgan fingerprint density at radius 2 is 2.00 bits per heavy atom. The molecular weight excluding hydrogens is 286 g/mol. The Kier molecular flexibility index (Phi) is 8.66. The molecule has 120 valence electrons. The molecule has 1 N–H and O–H groups in total. The molecule has 4 nitrogen and oxygen atoms in total. The fourth-order valence-corrected chi connectivity index (χ4v) is 2.64. The van der Waals surface area contributed by atoms with Crippen molar-refractivity contribution in [2.75, 3.05) is 32.1 Å². The maximum atomic E-state index is 6.32. The third kappa shape index (κ3) is 5.81. The molecule has 0 radical (unpaired) electrons. The molecule has 0 atom stereocenters. The number of hydrogen-bond donors (Lipinski definition) is 1. The number of halogens is 1. The summed E-state index contributed by atoms with van der Waals surface area (Å²) >= 11 is 6.32. The lowest BCUT2D eigenvalue weighted by Crippen LogP contribution is -2.36. The molecule has 1 aromatic rings. The number of nitrogens with zero attached hydrogens (tertiary/aromatic N) is 2. The summed E-state index contributed by atoms with van der Waals surface area (Å²) in [6.07, 6.45) is 2.23. The van der Waals surface area contributed by atoms with E-state index in [1.807, 2.05) is 12.1 Å². The first-order valence-electron chi connectivity index (χ1n) is 7.78. The molecule has 0 unspecified atom stereocenters. The van der Waals surface area contributed by atoms with Crippen LogP contribution in [0.1, 0.15) is 39.3 Å². The minimum atomic E-state index is 0.529. The molecule has 0 spiro atoms. The van der Waals surface area contributed by atoms with Crippen LogP contribution in [0.25, 0.3) is 0 Å². The van der Waals surface area contributed by atoms with E-state index in [0.717, 1.165) is 55.6 Å². The van der Waals surface area contributed by atoms with Crippen LogP contribution in [0.2, 0.25) is 5.02 Å². The second-order valence-corrected chi connectivity index (χ2v) is 5.50. The molecule has 0 aliphatic heterocycles. The molecule has 1 aromatic heterocycles. The number of hydrogen-bond acceptors (Lipinski definition) is 4. The van der Waals surface area contributed by atoms with Gasteiger partial charge in [-0.25, -0.2) is 4.98 Å². The molecule has 21 heavy (non-hydrogen) atoms. The van der Waals surface area contributed by atoms with Gasteiger partial charge in [0.2, 0.25) is 0 Å². The van der Waals surface area contributed by atoms with Crippen LogP contribution in [0.4, 0.5) is 5.82 Å². The van der Waals surface area contributed by atoms with E-state index in [9.17, 15) is 0 Å².